The Hall–Kier alpha value is -1.53. The Kier molecular flexibility index (Phi) is 2.66. The molecule has 0 aliphatic carbocycles. The van der Waals surface area contributed by atoms with E-state index in [0.29, 0.717) is 5.69 Å². The zero-order valence-electron chi connectivity index (χ0n) is 8.03. The van der Waals surface area contributed by atoms with Gasteiger partial charge in [-0.05, 0) is 12.1 Å². The number of rotatable bonds is 1. The van der Waals surface area contributed by atoms with Crippen molar-refractivity contribution in [1.82, 2.24) is 5.32 Å². The number of piperazine rings is 1. The summed E-state index contributed by atoms with van der Waals surface area (Å²) < 4.78 is 0. The summed E-state index contributed by atoms with van der Waals surface area (Å²) in [6, 6.07) is 7.81. The van der Waals surface area contributed by atoms with Crippen molar-refractivity contribution in [2.75, 3.05) is 31.1 Å². The third kappa shape index (κ3) is 1.86. The molecule has 1 aromatic rings. The highest BCUT2D eigenvalue weighted by Gasteiger charge is 2.09. The first-order valence-electron chi connectivity index (χ1n) is 4.83. The van der Waals surface area contributed by atoms with Crippen LogP contribution in [0.25, 0.3) is 4.85 Å². The average molecular weight is 187 g/mol. The van der Waals surface area contributed by atoms with Crippen LogP contribution in [0.2, 0.25) is 0 Å². The third-order valence-corrected chi connectivity index (χ3v) is 2.46. The van der Waals surface area contributed by atoms with Gasteiger partial charge >= 0.3 is 0 Å². The van der Waals surface area contributed by atoms with Gasteiger partial charge in [0.1, 0.15) is 0 Å². The smallest absolute Gasteiger partial charge is 0.187 e. The molecule has 1 aliphatic heterocycles. The molecule has 0 amide bonds. The molecule has 2 rings (SSSR count). The second-order valence-corrected chi connectivity index (χ2v) is 3.37. The summed E-state index contributed by atoms with van der Waals surface area (Å²) in [6.45, 7) is 11.1. The van der Waals surface area contributed by atoms with Gasteiger partial charge < -0.3 is 10.2 Å². The summed E-state index contributed by atoms with van der Waals surface area (Å²) in [4.78, 5) is 5.71. The summed E-state index contributed by atoms with van der Waals surface area (Å²) in [7, 11) is 0. The molecule has 0 atom stereocenters. The van der Waals surface area contributed by atoms with E-state index in [1.807, 2.05) is 24.3 Å². The van der Waals surface area contributed by atoms with Gasteiger partial charge in [0.2, 0.25) is 0 Å². The van der Waals surface area contributed by atoms with Gasteiger partial charge in [-0.15, -0.1) is 0 Å². The number of benzene rings is 1. The summed E-state index contributed by atoms with van der Waals surface area (Å²) in [6.07, 6.45) is 0. The van der Waals surface area contributed by atoms with Crippen LogP contribution in [-0.4, -0.2) is 26.2 Å². The van der Waals surface area contributed by atoms with Crippen LogP contribution in [0.4, 0.5) is 11.4 Å². The molecule has 0 saturated carbocycles. The maximum atomic E-state index is 6.86. The molecular formula is C11H13N3. The minimum absolute atomic E-state index is 0.712. The lowest BCUT2D eigenvalue weighted by atomic mass is 10.2. The number of nitrogens with zero attached hydrogens (tertiary/aromatic N) is 2. The van der Waals surface area contributed by atoms with Crippen LogP contribution in [-0.2, 0) is 0 Å². The van der Waals surface area contributed by atoms with Crippen molar-refractivity contribution in [3.05, 3.63) is 35.7 Å². The van der Waals surface area contributed by atoms with Gasteiger partial charge in [0.05, 0.1) is 6.57 Å². The van der Waals surface area contributed by atoms with E-state index < -0.39 is 0 Å². The fraction of sp³-hybridized carbons (Fsp3) is 0.364. The lowest BCUT2D eigenvalue weighted by Crippen LogP contribution is -2.43. The molecular weight excluding hydrogens is 174 g/mol. The molecule has 0 bridgehead atoms. The number of nitrogens with one attached hydrogen (secondary N) is 1. The molecule has 14 heavy (non-hydrogen) atoms. The zero-order valence-corrected chi connectivity index (χ0v) is 8.03. The van der Waals surface area contributed by atoms with Crippen LogP contribution in [0.1, 0.15) is 0 Å². The molecule has 1 saturated heterocycles. The largest absolute Gasteiger partial charge is 0.369 e. The molecule has 0 unspecified atom stereocenters. The van der Waals surface area contributed by atoms with Gasteiger partial charge in [-0.1, -0.05) is 12.1 Å². The van der Waals surface area contributed by atoms with E-state index in [9.17, 15) is 0 Å². The van der Waals surface area contributed by atoms with E-state index in [0.717, 1.165) is 26.2 Å². The van der Waals surface area contributed by atoms with E-state index in [1.54, 1.807) is 0 Å². The van der Waals surface area contributed by atoms with Crippen molar-refractivity contribution in [2.24, 2.45) is 0 Å². The molecule has 3 heteroatoms. The van der Waals surface area contributed by atoms with Crippen molar-refractivity contribution < 1.29 is 0 Å². The van der Waals surface area contributed by atoms with Crippen LogP contribution in [0.5, 0.6) is 0 Å². The summed E-state index contributed by atoms with van der Waals surface area (Å²) in [5.41, 5.74) is 1.93. The Morgan fingerprint density at radius 2 is 1.79 bits per heavy atom. The zero-order chi connectivity index (χ0) is 9.80. The third-order valence-electron chi connectivity index (χ3n) is 2.46. The molecule has 0 radical (unpaired) electrons. The van der Waals surface area contributed by atoms with E-state index in [-0.39, 0.29) is 0 Å². The molecule has 72 valence electrons. The molecule has 3 nitrogen and oxygen atoms in total. The topological polar surface area (TPSA) is 19.6 Å². The minimum atomic E-state index is 0.712. The Labute approximate surface area is 84.2 Å². The minimum Gasteiger partial charge on any atom is -0.369 e. The van der Waals surface area contributed by atoms with Crippen LogP contribution in [0, 0.1) is 6.57 Å². The fourth-order valence-corrected chi connectivity index (χ4v) is 1.66. The van der Waals surface area contributed by atoms with Crippen LogP contribution >= 0.6 is 0 Å². The van der Waals surface area contributed by atoms with Crippen LogP contribution in [0.15, 0.2) is 24.3 Å². The van der Waals surface area contributed by atoms with Crippen molar-refractivity contribution in [1.29, 1.82) is 0 Å². The van der Waals surface area contributed by atoms with Gasteiger partial charge in [-0.3, -0.25) is 0 Å². The lowest BCUT2D eigenvalue weighted by Gasteiger charge is -2.29. The highest BCUT2D eigenvalue weighted by molar-refractivity contribution is 5.55. The van der Waals surface area contributed by atoms with Crippen molar-refractivity contribution in [3.8, 4) is 0 Å². The predicted octanol–water partition coefficient (Wildman–Crippen LogP) is 1.65. The van der Waals surface area contributed by atoms with Crippen LogP contribution in [0.3, 0.4) is 0 Å². The molecule has 1 aliphatic rings. The van der Waals surface area contributed by atoms with E-state index >= 15 is 0 Å². The van der Waals surface area contributed by atoms with E-state index in [4.69, 9.17) is 6.57 Å². The summed E-state index contributed by atoms with van der Waals surface area (Å²) in [5.74, 6) is 0. The highest BCUT2D eigenvalue weighted by Crippen LogP contribution is 2.19. The number of hydrogen-bond donors (Lipinski definition) is 1. The summed E-state index contributed by atoms with van der Waals surface area (Å²) in [5, 5.41) is 3.32. The predicted molar refractivity (Wildman–Crippen MR) is 57.8 cm³/mol. The number of hydrogen-bond acceptors (Lipinski definition) is 2. The van der Waals surface area contributed by atoms with Gasteiger partial charge in [0.15, 0.2) is 5.69 Å². The average Bonchev–Trinajstić information content (AvgIpc) is 2.30. The van der Waals surface area contributed by atoms with Gasteiger partial charge in [-0.25, -0.2) is 4.85 Å². The van der Waals surface area contributed by atoms with Crippen LogP contribution < -0.4 is 10.2 Å². The molecule has 0 spiro atoms. The first-order valence-corrected chi connectivity index (χ1v) is 4.83. The molecule has 1 heterocycles. The van der Waals surface area contributed by atoms with Gasteiger partial charge in [0.25, 0.3) is 0 Å². The summed E-state index contributed by atoms with van der Waals surface area (Å²) >= 11 is 0. The molecule has 1 fully saturated rings. The lowest BCUT2D eigenvalue weighted by molar-refractivity contribution is 0.589. The maximum Gasteiger partial charge on any atom is 0.187 e. The van der Waals surface area contributed by atoms with Gasteiger partial charge in [0, 0.05) is 31.9 Å². The first-order chi connectivity index (χ1) is 6.90. The number of anilines is 1. The van der Waals surface area contributed by atoms with Crippen molar-refractivity contribution in [2.45, 2.75) is 0 Å². The SMILES string of the molecule is [C-]#[N+]c1ccc(N2CCNCC2)cc1. The Balaban J connectivity index is 2.12. The Bertz CT molecular complexity index is 331. The van der Waals surface area contributed by atoms with Gasteiger partial charge in [-0.2, -0.15) is 0 Å². The Morgan fingerprint density at radius 1 is 1.14 bits per heavy atom. The molecule has 1 N–H and O–H groups in total. The fourth-order valence-electron chi connectivity index (χ4n) is 1.66. The van der Waals surface area contributed by atoms with E-state index in [1.165, 1.54) is 5.69 Å². The standard InChI is InChI=1S/C11H13N3/c1-12-10-2-4-11(5-3-10)14-8-6-13-7-9-14/h2-5,13H,6-9H2. The normalized spacial score (nSPS) is 16.4. The molecule has 1 aromatic carbocycles. The monoisotopic (exact) mass is 187 g/mol. The van der Waals surface area contributed by atoms with Crippen molar-refractivity contribution in [3.63, 3.8) is 0 Å². The molecule has 0 aromatic heterocycles. The maximum absolute atomic E-state index is 6.86. The second kappa shape index (κ2) is 4.12. The Morgan fingerprint density at radius 3 is 2.36 bits per heavy atom. The van der Waals surface area contributed by atoms with Crippen molar-refractivity contribution >= 4 is 11.4 Å². The second-order valence-electron chi connectivity index (χ2n) is 3.37. The quantitative estimate of drug-likeness (QED) is 0.674. The van der Waals surface area contributed by atoms with E-state index in [2.05, 4.69) is 15.1 Å². The highest BCUT2D eigenvalue weighted by atomic mass is 15.2. The first kappa shape index (κ1) is 9.04.